The SMILES string of the molecule is O=Cc1csc(-c2ccc(Br)c(Br)c2)n1. The molecule has 0 saturated heterocycles. The molecule has 2 rings (SSSR count). The van der Waals surface area contributed by atoms with Crippen LogP contribution in [-0.4, -0.2) is 11.3 Å². The van der Waals surface area contributed by atoms with Gasteiger partial charge in [-0.05, 0) is 44.0 Å². The van der Waals surface area contributed by atoms with Gasteiger partial charge >= 0.3 is 0 Å². The molecule has 0 bridgehead atoms. The predicted molar refractivity (Wildman–Crippen MR) is 68.3 cm³/mol. The van der Waals surface area contributed by atoms with E-state index in [1.165, 1.54) is 11.3 Å². The van der Waals surface area contributed by atoms with Crippen molar-refractivity contribution in [2.75, 3.05) is 0 Å². The summed E-state index contributed by atoms with van der Waals surface area (Å²) < 4.78 is 1.97. The Balaban J connectivity index is 2.44. The number of hydrogen-bond acceptors (Lipinski definition) is 3. The number of carbonyl (C=O) groups excluding carboxylic acids is 1. The lowest BCUT2D eigenvalue weighted by atomic mass is 10.2. The number of carbonyl (C=O) groups is 1. The van der Waals surface area contributed by atoms with Gasteiger partial charge < -0.3 is 0 Å². The van der Waals surface area contributed by atoms with E-state index < -0.39 is 0 Å². The molecular weight excluding hydrogens is 342 g/mol. The summed E-state index contributed by atoms with van der Waals surface area (Å²) in [6, 6.07) is 5.88. The Hall–Kier alpha value is -0.520. The number of benzene rings is 1. The molecule has 0 aliphatic heterocycles. The van der Waals surface area contributed by atoms with Crippen molar-refractivity contribution < 1.29 is 4.79 Å². The average Bonchev–Trinajstić information content (AvgIpc) is 2.70. The first-order valence-corrected chi connectivity index (χ1v) is 6.53. The number of halogens is 2. The van der Waals surface area contributed by atoms with Gasteiger partial charge in [0.15, 0.2) is 6.29 Å². The second-order valence-corrected chi connectivity index (χ2v) is 5.39. The second kappa shape index (κ2) is 4.55. The summed E-state index contributed by atoms with van der Waals surface area (Å²) >= 11 is 8.29. The summed E-state index contributed by atoms with van der Waals surface area (Å²) in [5.41, 5.74) is 1.48. The summed E-state index contributed by atoms with van der Waals surface area (Å²) in [5, 5.41) is 2.60. The second-order valence-electron chi connectivity index (χ2n) is 2.82. The van der Waals surface area contributed by atoms with Crippen molar-refractivity contribution in [3.63, 3.8) is 0 Å². The molecule has 2 aromatic rings. The van der Waals surface area contributed by atoms with Crippen LogP contribution in [-0.2, 0) is 0 Å². The molecule has 76 valence electrons. The Kier molecular flexibility index (Phi) is 3.33. The average molecular weight is 347 g/mol. The van der Waals surface area contributed by atoms with Crippen molar-refractivity contribution in [3.8, 4) is 10.6 Å². The first-order chi connectivity index (χ1) is 7.20. The Morgan fingerprint density at radius 3 is 2.67 bits per heavy atom. The van der Waals surface area contributed by atoms with E-state index in [0.717, 1.165) is 25.8 Å². The number of aromatic nitrogens is 1. The highest BCUT2D eigenvalue weighted by atomic mass is 79.9. The van der Waals surface area contributed by atoms with E-state index in [1.807, 2.05) is 18.2 Å². The number of thiazole rings is 1. The van der Waals surface area contributed by atoms with Crippen LogP contribution in [0.3, 0.4) is 0 Å². The van der Waals surface area contributed by atoms with Crippen molar-refractivity contribution >= 4 is 49.5 Å². The summed E-state index contributed by atoms with van der Waals surface area (Å²) in [5.74, 6) is 0. The predicted octanol–water partition coefficient (Wildman–Crippen LogP) is 4.15. The number of aldehydes is 1. The van der Waals surface area contributed by atoms with Crippen LogP contribution in [0.4, 0.5) is 0 Å². The van der Waals surface area contributed by atoms with E-state index in [4.69, 9.17) is 0 Å². The van der Waals surface area contributed by atoms with Crippen molar-refractivity contribution in [1.82, 2.24) is 4.98 Å². The monoisotopic (exact) mass is 345 g/mol. The fourth-order valence-electron chi connectivity index (χ4n) is 1.10. The van der Waals surface area contributed by atoms with Gasteiger partial charge in [0.05, 0.1) is 0 Å². The van der Waals surface area contributed by atoms with Gasteiger partial charge in [0.2, 0.25) is 0 Å². The Labute approximate surface area is 108 Å². The topological polar surface area (TPSA) is 30.0 Å². The third-order valence-corrected chi connectivity index (χ3v) is 4.60. The number of hydrogen-bond donors (Lipinski definition) is 0. The summed E-state index contributed by atoms with van der Waals surface area (Å²) in [4.78, 5) is 14.7. The molecule has 1 aromatic carbocycles. The Morgan fingerprint density at radius 2 is 2.07 bits per heavy atom. The van der Waals surface area contributed by atoms with Crippen LogP contribution >= 0.6 is 43.2 Å². The normalized spacial score (nSPS) is 10.3. The standard InChI is InChI=1S/C10H5Br2NOS/c11-8-2-1-6(3-9(8)12)10-13-7(4-14)5-15-10/h1-5H. The van der Waals surface area contributed by atoms with E-state index in [0.29, 0.717) is 5.69 Å². The summed E-state index contributed by atoms with van der Waals surface area (Å²) in [6.07, 6.45) is 0.758. The summed E-state index contributed by atoms with van der Waals surface area (Å²) in [6.45, 7) is 0. The fraction of sp³-hybridized carbons (Fsp3) is 0. The first kappa shape index (κ1) is 11.0. The highest BCUT2D eigenvalue weighted by molar-refractivity contribution is 9.13. The molecule has 0 spiro atoms. The van der Waals surface area contributed by atoms with Gasteiger partial charge in [-0.15, -0.1) is 11.3 Å². The van der Waals surface area contributed by atoms with Gasteiger partial charge in [0.1, 0.15) is 10.7 Å². The molecule has 0 saturated carbocycles. The molecule has 0 fully saturated rings. The van der Waals surface area contributed by atoms with Crippen molar-refractivity contribution in [2.24, 2.45) is 0 Å². The van der Waals surface area contributed by atoms with Gasteiger partial charge in [0.25, 0.3) is 0 Å². The van der Waals surface area contributed by atoms with Crippen LogP contribution in [0.1, 0.15) is 10.5 Å². The zero-order chi connectivity index (χ0) is 10.8. The molecule has 0 amide bonds. The van der Waals surface area contributed by atoms with Crippen molar-refractivity contribution in [2.45, 2.75) is 0 Å². The van der Waals surface area contributed by atoms with Crippen molar-refractivity contribution in [1.29, 1.82) is 0 Å². The molecule has 0 N–H and O–H groups in total. The molecule has 0 radical (unpaired) electrons. The van der Waals surface area contributed by atoms with Crippen LogP contribution in [0.25, 0.3) is 10.6 Å². The molecule has 1 aromatic heterocycles. The highest BCUT2D eigenvalue weighted by Gasteiger charge is 2.05. The fourth-order valence-corrected chi connectivity index (χ4v) is 2.49. The van der Waals surface area contributed by atoms with Crippen LogP contribution in [0, 0.1) is 0 Å². The molecule has 5 heteroatoms. The Bertz CT molecular complexity index is 510. The quantitative estimate of drug-likeness (QED) is 0.764. The van der Waals surface area contributed by atoms with E-state index in [-0.39, 0.29) is 0 Å². The lowest BCUT2D eigenvalue weighted by Crippen LogP contribution is -1.80. The van der Waals surface area contributed by atoms with Crippen LogP contribution in [0.2, 0.25) is 0 Å². The Morgan fingerprint density at radius 1 is 1.27 bits per heavy atom. The van der Waals surface area contributed by atoms with Gasteiger partial charge in [0, 0.05) is 19.9 Å². The maximum Gasteiger partial charge on any atom is 0.169 e. The van der Waals surface area contributed by atoms with Gasteiger partial charge in [-0.25, -0.2) is 4.98 Å². The van der Waals surface area contributed by atoms with Gasteiger partial charge in [-0.2, -0.15) is 0 Å². The molecule has 0 aliphatic carbocycles. The maximum absolute atomic E-state index is 10.5. The molecule has 15 heavy (non-hydrogen) atoms. The highest BCUT2D eigenvalue weighted by Crippen LogP contribution is 2.30. The van der Waals surface area contributed by atoms with E-state index >= 15 is 0 Å². The molecule has 0 unspecified atom stereocenters. The zero-order valence-electron chi connectivity index (χ0n) is 7.41. The van der Waals surface area contributed by atoms with Crippen LogP contribution < -0.4 is 0 Å². The summed E-state index contributed by atoms with van der Waals surface area (Å²) in [7, 11) is 0. The molecule has 2 nitrogen and oxygen atoms in total. The minimum Gasteiger partial charge on any atom is -0.296 e. The third-order valence-electron chi connectivity index (χ3n) is 1.81. The van der Waals surface area contributed by atoms with Gasteiger partial charge in [-0.3, -0.25) is 4.79 Å². The van der Waals surface area contributed by atoms with Gasteiger partial charge in [-0.1, -0.05) is 6.07 Å². The zero-order valence-corrected chi connectivity index (χ0v) is 11.4. The number of rotatable bonds is 2. The van der Waals surface area contributed by atoms with Crippen molar-refractivity contribution in [3.05, 3.63) is 38.2 Å². The maximum atomic E-state index is 10.5. The largest absolute Gasteiger partial charge is 0.296 e. The molecule has 0 aliphatic rings. The van der Waals surface area contributed by atoms with Crippen LogP contribution in [0.15, 0.2) is 32.5 Å². The molecule has 1 heterocycles. The first-order valence-electron chi connectivity index (χ1n) is 4.07. The van der Waals surface area contributed by atoms with Crippen LogP contribution in [0.5, 0.6) is 0 Å². The van der Waals surface area contributed by atoms with E-state index in [1.54, 1.807) is 5.38 Å². The number of nitrogens with zero attached hydrogens (tertiary/aromatic N) is 1. The van der Waals surface area contributed by atoms with E-state index in [9.17, 15) is 4.79 Å². The lowest BCUT2D eigenvalue weighted by molar-refractivity contribution is 0.111. The lowest BCUT2D eigenvalue weighted by Gasteiger charge is -1.99. The molecule has 0 atom stereocenters. The van der Waals surface area contributed by atoms with E-state index in [2.05, 4.69) is 36.8 Å². The molecular formula is C10H5Br2NOS. The smallest absolute Gasteiger partial charge is 0.169 e. The minimum absolute atomic E-state index is 0.481. The third kappa shape index (κ3) is 2.35. The minimum atomic E-state index is 0.481.